The van der Waals surface area contributed by atoms with Crippen LogP contribution in [-0.4, -0.2) is 51.2 Å². The maximum absolute atomic E-state index is 13.5. The van der Waals surface area contributed by atoms with Crippen LogP contribution in [0.1, 0.15) is 62.0 Å². The standard InChI is InChI=1S/C19H23F3N4O2/c1-11(2)13-8-16(19(20,21)22)26-17(23-13)9-14(24-26)12-5-6-25(10-12)18(27)15-4-3-7-28-15/h8-9,11-12,15H,3-7,10H2,1-2H3/t12-,15-/m1/s1. The van der Waals surface area contributed by atoms with E-state index in [1.807, 2.05) is 13.8 Å². The van der Waals surface area contributed by atoms with E-state index in [4.69, 9.17) is 4.74 Å². The van der Waals surface area contributed by atoms with E-state index in [2.05, 4.69) is 10.1 Å². The molecule has 0 N–H and O–H groups in total. The molecule has 0 bridgehead atoms. The fourth-order valence-electron chi connectivity index (χ4n) is 3.89. The average molecular weight is 396 g/mol. The molecule has 2 aliphatic rings. The lowest BCUT2D eigenvalue weighted by molar-refractivity contribution is -0.142. The number of carbonyl (C=O) groups excluding carboxylic acids is 1. The average Bonchev–Trinajstić information content (AvgIpc) is 3.38. The van der Waals surface area contributed by atoms with Crippen LogP contribution in [0.3, 0.4) is 0 Å². The second kappa shape index (κ2) is 7.02. The molecule has 6 nitrogen and oxygen atoms in total. The van der Waals surface area contributed by atoms with Crippen molar-refractivity contribution in [1.29, 1.82) is 0 Å². The van der Waals surface area contributed by atoms with Crippen LogP contribution < -0.4 is 0 Å². The Kier molecular flexibility index (Phi) is 4.81. The summed E-state index contributed by atoms with van der Waals surface area (Å²) < 4.78 is 46.9. The normalized spacial score (nSPS) is 23.3. The van der Waals surface area contributed by atoms with Crippen molar-refractivity contribution in [3.8, 4) is 0 Å². The number of alkyl halides is 3. The molecule has 9 heteroatoms. The fourth-order valence-corrected chi connectivity index (χ4v) is 3.89. The topological polar surface area (TPSA) is 59.7 Å². The minimum Gasteiger partial charge on any atom is -0.368 e. The molecule has 2 fully saturated rings. The zero-order valence-corrected chi connectivity index (χ0v) is 15.9. The van der Waals surface area contributed by atoms with Gasteiger partial charge in [-0.3, -0.25) is 4.79 Å². The lowest BCUT2D eigenvalue weighted by atomic mass is 10.1. The third kappa shape index (κ3) is 3.47. The Hall–Kier alpha value is -2.16. The number of amides is 1. The number of aromatic nitrogens is 3. The van der Waals surface area contributed by atoms with Gasteiger partial charge in [-0.05, 0) is 31.2 Å². The van der Waals surface area contributed by atoms with Gasteiger partial charge in [0.1, 0.15) is 11.8 Å². The highest BCUT2D eigenvalue weighted by Gasteiger charge is 2.37. The first-order valence-electron chi connectivity index (χ1n) is 9.62. The Labute approximate surface area is 160 Å². The molecule has 2 atom stereocenters. The monoisotopic (exact) mass is 396 g/mol. The molecule has 2 saturated heterocycles. The van der Waals surface area contributed by atoms with Gasteiger partial charge in [0, 0.05) is 37.4 Å². The molecule has 2 aliphatic heterocycles. The number of nitrogens with zero attached hydrogens (tertiary/aromatic N) is 4. The highest BCUT2D eigenvalue weighted by molar-refractivity contribution is 5.81. The van der Waals surface area contributed by atoms with Crippen molar-refractivity contribution >= 4 is 11.6 Å². The molecular formula is C19H23F3N4O2. The summed E-state index contributed by atoms with van der Waals surface area (Å²) in [6.07, 6.45) is -2.63. The molecule has 2 aromatic heterocycles. The van der Waals surface area contributed by atoms with Gasteiger partial charge in [-0.15, -0.1) is 0 Å². The molecule has 152 valence electrons. The quantitative estimate of drug-likeness (QED) is 0.798. The van der Waals surface area contributed by atoms with Gasteiger partial charge in [0.15, 0.2) is 5.65 Å². The van der Waals surface area contributed by atoms with Crippen LogP contribution in [0.5, 0.6) is 0 Å². The minimum absolute atomic E-state index is 0.0278. The first-order chi connectivity index (χ1) is 13.2. The van der Waals surface area contributed by atoms with E-state index in [-0.39, 0.29) is 29.5 Å². The summed E-state index contributed by atoms with van der Waals surface area (Å²) in [6.45, 7) is 5.23. The van der Waals surface area contributed by atoms with Crippen LogP contribution in [0.25, 0.3) is 5.65 Å². The molecule has 0 aromatic carbocycles. The molecule has 28 heavy (non-hydrogen) atoms. The van der Waals surface area contributed by atoms with Crippen LogP contribution >= 0.6 is 0 Å². The van der Waals surface area contributed by atoms with Gasteiger partial charge in [0.25, 0.3) is 5.91 Å². The summed E-state index contributed by atoms with van der Waals surface area (Å²) >= 11 is 0. The van der Waals surface area contributed by atoms with Gasteiger partial charge in [-0.2, -0.15) is 18.3 Å². The van der Waals surface area contributed by atoms with Gasteiger partial charge in [-0.1, -0.05) is 13.8 Å². The Bertz CT molecular complexity index is 887. The van der Waals surface area contributed by atoms with Crippen molar-refractivity contribution in [2.45, 2.75) is 57.2 Å². The number of ether oxygens (including phenoxy) is 1. The second-order valence-corrected chi connectivity index (χ2v) is 7.83. The molecule has 0 radical (unpaired) electrons. The maximum Gasteiger partial charge on any atom is 0.433 e. The van der Waals surface area contributed by atoms with E-state index in [1.54, 1.807) is 11.0 Å². The zero-order valence-electron chi connectivity index (χ0n) is 15.9. The summed E-state index contributed by atoms with van der Waals surface area (Å²) in [4.78, 5) is 18.6. The van der Waals surface area contributed by atoms with Crippen molar-refractivity contribution in [3.05, 3.63) is 29.2 Å². The third-order valence-corrected chi connectivity index (χ3v) is 5.47. The van der Waals surface area contributed by atoms with Crippen molar-refractivity contribution in [2.24, 2.45) is 0 Å². The summed E-state index contributed by atoms with van der Waals surface area (Å²) in [5, 5.41) is 4.22. The zero-order chi connectivity index (χ0) is 20.1. The molecule has 4 heterocycles. The van der Waals surface area contributed by atoms with E-state index in [0.29, 0.717) is 37.5 Å². The van der Waals surface area contributed by atoms with Gasteiger partial charge in [0.2, 0.25) is 0 Å². The lowest BCUT2D eigenvalue weighted by Gasteiger charge is -2.19. The Morgan fingerprint density at radius 2 is 2.07 bits per heavy atom. The lowest BCUT2D eigenvalue weighted by Crippen LogP contribution is -2.37. The highest BCUT2D eigenvalue weighted by Crippen LogP contribution is 2.33. The van der Waals surface area contributed by atoms with Crippen molar-refractivity contribution in [3.63, 3.8) is 0 Å². The molecular weight excluding hydrogens is 373 g/mol. The number of fused-ring (bicyclic) bond motifs is 1. The van der Waals surface area contributed by atoms with Crippen LogP contribution in [-0.2, 0) is 15.7 Å². The van der Waals surface area contributed by atoms with Gasteiger partial charge in [-0.25, -0.2) is 9.50 Å². The summed E-state index contributed by atoms with van der Waals surface area (Å²) in [7, 11) is 0. The van der Waals surface area contributed by atoms with E-state index in [1.165, 1.54) is 0 Å². The summed E-state index contributed by atoms with van der Waals surface area (Å²) in [5.41, 5.74) is 0.296. The SMILES string of the molecule is CC(C)c1cc(C(F)(F)F)n2nc([C@@H]3CCN(C(=O)[C@H]4CCCO4)C3)cc2n1. The van der Waals surface area contributed by atoms with Crippen LogP contribution in [0.2, 0.25) is 0 Å². The minimum atomic E-state index is -4.52. The van der Waals surface area contributed by atoms with Crippen LogP contribution in [0.15, 0.2) is 12.1 Å². The number of likely N-dealkylation sites (tertiary alicyclic amines) is 1. The summed E-state index contributed by atoms with van der Waals surface area (Å²) in [6, 6.07) is 2.68. The van der Waals surface area contributed by atoms with Gasteiger partial charge >= 0.3 is 6.18 Å². The molecule has 0 saturated carbocycles. The molecule has 0 spiro atoms. The van der Waals surface area contributed by atoms with E-state index < -0.39 is 11.9 Å². The second-order valence-electron chi connectivity index (χ2n) is 7.83. The first-order valence-corrected chi connectivity index (χ1v) is 9.62. The van der Waals surface area contributed by atoms with E-state index in [9.17, 15) is 18.0 Å². The van der Waals surface area contributed by atoms with Crippen LogP contribution in [0, 0.1) is 0 Å². The Morgan fingerprint density at radius 3 is 2.71 bits per heavy atom. The number of carbonyl (C=O) groups is 1. The predicted molar refractivity (Wildman–Crippen MR) is 95.0 cm³/mol. The maximum atomic E-state index is 13.5. The third-order valence-electron chi connectivity index (χ3n) is 5.47. The van der Waals surface area contributed by atoms with Crippen molar-refractivity contribution in [1.82, 2.24) is 19.5 Å². The highest BCUT2D eigenvalue weighted by atomic mass is 19.4. The Morgan fingerprint density at radius 1 is 1.29 bits per heavy atom. The van der Waals surface area contributed by atoms with Gasteiger partial charge in [0.05, 0.1) is 5.69 Å². The first kappa shape index (κ1) is 19.2. The number of rotatable bonds is 3. The van der Waals surface area contributed by atoms with E-state index in [0.717, 1.165) is 23.4 Å². The molecule has 1 amide bonds. The molecule has 4 rings (SSSR count). The predicted octanol–water partition coefficient (Wildman–Crippen LogP) is 3.37. The van der Waals surface area contributed by atoms with Crippen molar-refractivity contribution < 1.29 is 22.7 Å². The van der Waals surface area contributed by atoms with Crippen molar-refractivity contribution in [2.75, 3.05) is 19.7 Å². The molecule has 0 aliphatic carbocycles. The molecule has 2 aromatic rings. The summed E-state index contributed by atoms with van der Waals surface area (Å²) in [5.74, 6) is -0.258. The van der Waals surface area contributed by atoms with Crippen LogP contribution in [0.4, 0.5) is 13.2 Å². The Balaban J connectivity index is 1.62. The smallest absolute Gasteiger partial charge is 0.368 e. The van der Waals surface area contributed by atoms with Gasteiger partial charge < -0.3 is 9.64 Å². The largest absolute Gasteiger partial charge is 0.433 e. The number of hydrogen-bond donors (Lipinski definition) is 0. The number of hydrogen-bond acceptors (Lipinski definition) is 4. The molecule has 0 unspecified atom stereocenters. The van der Waals surface area contributed by atoms with E-state index >= 15 is 0 Å². The fraction of sp³-hybridized carbons (Fsp3) is 0.632. The number of halogens is 3.